The standard InChI is InChI=1S/C32H46N4O6/c1-7-14-26(30(39)41-6)35-29(38)25(17-11-12-20-33-31(40)42-32(3,4)5)34-28(37)19-13-15-23-22-36(21-8-2)27-18-10-9-16-24(23)27/h7-10,16,18,22,25-26H,1-2,11-15,17,19-21H2,3-6H3,(H,33,40)(H,34,37)(H,35,38)/t25-,26-/m0/s1. The maximum absolute atomic E-state index is 13.2. The summed E-state index contributed by atoms with van der Waals surface area (Å²) in [6, 6.07) is 6.37. The van der Waals surface area contributed by atoms with Crippen molar-refractivity contribution in [1.82, 2.24) is 20.5 Å². The molecule has 0 fully saturated rings. The van der Waals surface area contributed by atoms with Crippen LogP contribution in [0.25, 0.3) is 10.9 Å². The molecule has 0 spiro atoms. The molecule has 0 unspecified atom stereocenters. The normalized spacial score (nSPS) is 12.6. The molecule has 0 bridgehead atoms. The third-order valence-electron chi connectivity index (χ3n) is 6.49. The number of allylic oxidation sites excluding steroid dienone is 1. The first-order valence-electron chi connectivity index (χ1n) is 14.4. The van der Waals surface area contributed by atoms with Crippen LogP contribution in [0.2, 0.25) is 0 Å². The van der Waals surface area contributed by atoms with Crippen molar-refractivity contribution in [2.45, 2.75) is 89.9 Å². The highest BCUT2D eigenvalue weighted by molar-refractivity contribution is 5.91. The van der Waals surface area contributed by atoms with Crippen molar-refractivity contribution in [1.29, 1.82) is 0 Å². The Hall–Kier alpha value is -4.08. The Bertz CT molecular complexity index is 1230. The predicted molar refractivity (Wildman–Crippen MR) is 164 cm³/mol. The average Bonchev–Trinajstić information content (AvgIpc) is 3.28. The first-order valence-corrected chi connectivity index (χ1v) is 14.4. The molecule has 2 rings (SSSR count). The second-order valence-electron chi connectivity index (χ2n) is 11.1. The molecule has 10 heteroatoms. The number of carbonyl (C=O) groups is 4. The van der Waals surface area contributed by atoms with Gasteiger partial charge in [0.1, 0.15) is 17.7 Å². The van der Waals surface area contributed by atoms with Gasteiger partial charge in [0.05, 0.1) is 7.11 Å². The Morgan fingerprint density at radius 2 is 1.74 bits per heavy atom. The number of para-hydroxylation sites is 1. The summed E-state index contributed by atoms with van der Waals surface area (Å²) in [7, 11) is 1.25. The smallest absolute Gasteiger partial charge is 0.407 e. The Morgan fingerprint density at radius 1 is 1.00 bits per heavy atom. The molecule has 0 aliphatic heterocycles. The molecule has 2 aromatic rings. The quantitative estimate of drug-likeness (QED) is 0.143. The third-order valence-corrected chi connectivity index (χ3v) is 6.49. The van der Waals surface area contributed by atoms with E-state index in [4.69, 9.17) is 9.47 Å². The summed E-state index contributed by atoms with van der Waals surface area (Å²) in [5, 5.41) is 9.36. The number of rotatable bonds is 17. The number of fused-ring (bicyclic) bond motifs is 1. The largest absolute Gasteiger partial charge is 0.467 e. The SMILES string of the molecule is C=CC[C@H](NC(=O)[C@H](CCCCNC(=O)OC(C)(C)C)NC(=O)CCCc1cn(CC=C)c2ccccc12)C(=O)OC. The van der Waals surface area contributed by atoms with Crippen LogP contribution in [0, 0.1) is 0 Å². The molecular weight excluding hydrogens is 536 g/mol. The Kier molecular flexibility index (Phi) is 13.8. The first-order chi connectivity index (χ1) is 20.0. The second-order valence-corrected chi connectivity index (χ2v) is 11.1. The number of amides is 3. The zero-order valence-electron chi connectivity index (χ0n) is 25.4. The van der Waals surface area contributed by atoms with Crippen LogP contribution >= 0.6 is 0 Å². The van der Waals surface area contributed by atoms with Gasteiger partial charge in [0.2, 0.25) is 11.8 Å². The van der Waals surface area contributed by atoms with E-state index in [0.29, 0.717) is 45.2 Å². The number of hydrogen-bond acceptors (Lipinski definition) is 6. The third kappa shape index (κ3) is 11.4. The molecule has 0 radical (unpaired) electrons. The van der Waals surface area contributed by atoms with Gasteiger partial charge in [-0.05, 0) is 70.9 Å². The summed E-state index contributed by atoms with van der Waals surface area (Å²) in [4.78, 5) is 50.1. The predicted octanol–water partition coefficient (Wildman–Crippen LogP) is 4.56. The highest BCUT2D eigenvalue weighted by atomic mass is 16.6. The van der Waals surface area contributed by atoms with Gasteiger partial charge >= 0.3 is 12.1 Å². The van der Waals surface area contributed by atoms with E-state index in [1.54, 1.807) is 20.8 Å². The van der Waals surface area contributed by atoms with Crippen molar-refractivity contribution < 1.29 is 28.7 Å². The summed E-state index contributed by atoms with van der Waals surface area (Å²) in [6.45, 7) is 13.9. The number of aromatic nitrogens is 1. The van der Waals surface area contributed by atoms with Crippen LogP contribution in [0.3, 0.4) is 0 Å². The van der Waals surface area contributed by atoms with E-state index >= 15 is 0 Å². The summed E-state index contributed by atoms with van der Waals surface area (Å²) < 4.78 is 12.2. The zero-order chi connectivity index (χ0) is 31.1. The molecule has 3 amide bonds. The average molecular weight is 583 g/mol. The Morgan fingerprint density at radius 3 is 2.40 bits per heavy atom. The number of alkyl carbamates (subject to hydrolysis) is 1. The van der Waals surface area contributed by atoms with Gasteiger partial charge in [0, 0.05) is 36.6 Å². The van der Waals surface area contributed by atoms with Gasteiger partial charge in [-0.1, -0.05) is 30.4 Å². The molecule has 1 aromatic heterocycles. The van der Waals surface area contributed by atoms with E-state index < -0.39 is 35.7 Å². The maximum atomic E-state index is 13.2. The number of nitrogens with one attached hydrogen (secondary N) is 3. The number of ether oxygens (including phenoxy) is 2. The van der Waals surface area contributed by atoms with E-state index in [1.807, 2.05) is 18.2 Å². The van der Waals surface area contributed by atoms with Crippen LogP contribution in [-0.2, 0) is 36.8 Å². The fourth-order valence-corrected chi connectivity index (χ4v) is 4.56. The van der Waals surface area contributed by atoms with Gasteiger partial charge in [-0.3, -0.25) is 9.59 Å². The van der Waals surface area contributed by atoms with Crippen molar-refractivity contribution in [3.8, 4) is 0 Å². The molecule has 0 aliphatic carbocycles. The lowest BCUT2D eigenvalue weighted by Gasteiger charge is -2.22. The van der Waals surface area contributed by atoms with Crippen LogP contribution in [0.4, 0.5) is 4.79 Å². The molecule has 230 valence electrons. The fourth-order valence-electron chi connectivity index (χ4n) is 4.56. The highest BCUT2D eigenvalue weighted by Gasteiger charge is 2.26. The number of nitrogens with zero attached hydrogens (tertiary/aromatic N) is 1. The molecule has 1 heterocycles. The van der Waals surface area contributed by atoms with Crippen molar-refractivity contribution in [2.24, 2.45) is 0 Å². The molecule has 0 aliphatic rings. The molecule has 1 aromatic carbocycles. The number of unbranched alkanes of at least 4 members (excludes halogenated alkanes) is 1. The lowest BCUT2D eigenvalue weighted by atomic mass is 10.1. The number of carbonyl (C=O) groups excluding carboxylic acids is 4. The number of hydrogen-bond donors (Lipinski definition) is 3. The van der Waals surface area contributed by atoms with Gasteiger partial charge < -0.3 is 30.0 Å². The van der Waals surface area contributed by atoms with E-state index in [0.717, 1.165) is 16.5 Å². The lowest BCUT2D eigenvalue weighted by Crippen LogP contribution is -2.51. The number of methoxy groups -OCH3 is 1. The van der Waals surface area contributed by atoms with Crippen LogP contribution in [-0.4, -0.2) is 59.8 Å². The topological polar surface area (TPSA) is 128 Å². The van der Waals surface area contributed by atoms with Crippen molar-refractivity contribution in [3.05, 3.63) is 61.3 Å². The molecule has 10 nitrogen and oxygen atoms in total. The minimum absolute atomic E-state index is 0.193. The van der Waals surface area contributed by atoms with Gasteiger partial charge in [-0.2, -0.15) is 0 Å². The van der Waals surface area contributed by atoms with Crippen LogP contribution < -0.4 is 16.0 Å². The van der Waals surface area contributed by atoms with E-state index in [1.165, 1.54) is 13.2 Å². The van der Waals surface area contributed by atoms with Gasteiger partial charge in [-0.25, -0.2) is 9.59 Å². The minimum atomic E-state index is -0.902. The Balaban J connectivity index is 1.98. The molecule has 0 saturated carbocycles. The van der Waals surface area contributed by atoms with Crippen molar-refractivity contribution in [2.75, 3.05) is 13.7 Å². The summed E-state index contributed by atoms with van der Waals surface area (Å²) in [5.41, 5.74) is 1.67. The van der Waals surface area contributed by atoms with Gasteiger partial charge in [0.15, 0.2) is 0 Å². The molecule has 3 N–H and O–H groups in total. The van der Waals surface area contributed by atoms with Crippen molar-refractivity contribution in [3.63, 3.8) is 0 Å². The Labute approximate surface area is 248 Å². The van der Waals surface area contributed by atoms with Crippen molar-refractivity contribution >= 4 is 34.8 Å². The zero-order valence-corrected chi connectivity index (χ0v) is 25.4. The second kappa shape index (κ2) is 17.0. The summed E-state index contributed by atoms with van der Waals surface area (Å²) in [5.74, 6) is -1.33. The monoisotopic (exact) mass is 582 g/mol. The molecule has 2 atom stereocenters. The number of esters is 1. The minimum Gasteiger partial charge on any atom is -0.467 e. The fraction of sp³-hybridized carbons (Fsp3) is 0.500. The highest BCUT2D eigenvalue weighted by Crippen LogP contribution is 2.23. The molecular formula is C32H46N4O6. The maximum Gasteiger partial charge on any atom is 0.407 e. The first kappa shape index (κ1) is 34.1. The van der Waals surface area contributed by atoms with E-state index in [-0.39, 0.29) is 18.7 Å². The van der Waals surface area contributed by atoms with Gasteiger partial charge in [0.25, 0.3) is 0 Å². The molecule has 42 heavy (non-hydrogen) atoms. The number of benzene rings is 1. The summed E-state index contributed by atoms with van der Waals surface area (Å²) in [6.07, 6.45) is 8.12. The summed E-state index contributed by atoms with van der Waals surface area (Å²) >= 11 is 0. The lowest BCUT2D eigenvalue weighted by molar-refractivity contribution is -0.145. The van der Waals surface area contributed by atoms with Crippen LogP contribution in [0.5, 0.6) is 0 Å². The van der Waals surface area contributed by atoms with E-state index in [2.05, 4.69) is 52.0 Å². The van der Waals surface area contributed by atoms with E-state index in [9.17, 15) is 19.2 Å². The number of aryl methyl sites for hydroxylation is 1. The molecule has 0 saturated heterocycles. The van der Waals surface area contributed by atoms with Crippen LogP contribution in [0.15, 0.2) is 55.8 Å². The van der Waals surface area contributed by atoms with Gasteiger partial charge in [-0.15, -0.1) is 13.2 Å². The van der Waals surface area contributed by atoms with Crippen LogP contribution in [0.1, 0.15) is 64.9 Å².